The molecule has 5 nitrogen and oxygen atoms in total. The third-order valence-corrected chi connectivity index (χ3v) is 5.97. The first-order chi connectivity index (χ1) is 16.0. The van der Waals surface area contributed by atoms with E-state index in [0.717, 1.165) is 16.3 Å². The van der Waals surface area contributed by atoms with Gasteiger partial charge >= 0.3 is 0 Å². The molecule has 5 heteroatoms. The summed E-state index contributed by atoms with van der Waals surface area (Å²) in [5, 5.41) is 23.8. The summed E-state index contributed by atoms with van der Waals surface area (Å²) in [7, 11) is 0. The van der Waals surface area contributed by atoms with Crippen LogP contribution in [0.4, 0.5) is 5.69 Å². The molecule has 0 saturated carbocycles. The van der Waals surface area contributed by atoms with Crippen LogP contribution < -0.4 is 4.90 Å². The van der Waals surface area contributed by atoms with Crippen molar-refractivity contribution in [2.45, 2.75) is 13.0 Å². The van der Waals surface area contributed by atoms with E-state index in [-0.39, 0.29) is 22.8 Å². The number of nitrogens with zero attached hydrogens (tertiary/aromatic N) is 1. The molecular formula is C28H21NO4. The molecule has 0 radical (unpaired) electrons. The van der Waals surface area contributed by atoms with Crippen LogP contribution in [0.3, 0.4) is 0 Å². The summed E-state index contributed by atoms with van der Waals surface area (Å²) in [6, 6.07) is 26.1. The van der Waals surface area contributed by atoms with Crippen LogP contribution in [0.5, 0.6) is 5.75 Å². The lowest BCUT2D eigenvalue weighted by Gasteiger charge is -2.26. The van der Waals surface area contributed by atoms with Crippen molar-refractivity contribution in [3.63, 3.8) is 0 Å². The molecule has 162 valence electrons. The minimum Gasteiger partial charge on any atom is -0.507 e. The van der Waals surface area contributed by atoms with E-state index in [1.54, 1.807) is 36.4 Å². The molecule has 1 atom stereocenters. The fourth-order valence-electron chi connectivity index (χ4n) is 4.35. The Balaban J connectivity index is 1.75. The first-order valence-corrected chi connectivity index (χ1v) is 10.6. The third-order valence-electron chi connectivity index (χ3n) is 5.97. The topological polar surface area (TPSA) is 77.8 Å². The molecule has 33 heavy (non-hydrogen) atoms. The number of rotatable bonds is 3. The highest BCUT2D eigenvalue weighted by Gasteiger charge is 2.47. The van der Waals surface area contributed by atoms with E-state index in [1.165, 1.54) is 11.0 Å². The first-order valence-electron chi connectivity index (χ1n) is 10.6. The Kier molecular flexibility index (Phi) is 4.94. The number of carbonyl (C=O) groups is 2. The van der Waals surface area contributed by atoms with Crippen molar-refractivity contribution in [3.05, 3.63) is 113 Å². The highest BCUT2D eigenvalue weighted by molar-refractivity contribution is 6.52. The Morgan fingerprint density at radius 3 is 2.27 bits per heavy atom. The van der Waals surface area contributed by atoms with Crippen LogP contribution >= 0.6 is 0 Å². The van der Waals surface area contributed by atoms with Crippen LogP contribution in [0.25, 0.3) is 16.5 Å². The van der Waals surface area contributed by atoms with Crippen molar-refractivity contribution in [2.24, 2.45) is 0 Å². The number of phenolic OH excluding ortho intramolecular Hbond substituents is 1. The van der Waals surface area contributed by atoms with E-state index in [9.17, 15) is 19.8 Å². The summed E-state index contributed by atoms with van der Waals surface area (Å²) in [4.78, 5) is 27.8. The Hall–Kier alpha value is -4.38. The summed E-state index contributed by atoms with van der Waals surface area (Å²) in [6.45, 7) is 1.84. The molecule has 1 aliphatic rings. The quantitative estimate of drug-likeness (QED) is 0.254. The number of amides is 1. The van der Waals surface area contributed by atoms with Crippen LogP contribution in [-0.4, -0.2) is 21.9 Å². The van der Waals surface area contributed by atoms with Crippen molar-refractivity contribution in [1.82, 2.24) is 0 Å². The van der Waals surface area contributed by atoms with Gasteiger partial charge in [-0.3, -0.25) is 14.5 Å². The van der Waals surface area contributed by atoms with Gasteiger partial charge in [0.1, 0.15) is 11.5 Å². The zero-order valence-corrected chi connectivity index (χ0v) is 17.9. The summed E-state index contributed by atoms with van der Waals surface area (Å²) < 4.78 is 0. The molecule has 1 fully saturated rings. The smallest absolute Gasteiger partial charge is 0.300 e. The van der Waals surface area contributed by atoms with Crippen molar-refractivity contribution in [3.8, 4) is 5.75 Å². The Bertz CT molecular complexity index is 1440. The van der Waals surface area contributed by atoms with Gasteiger partial charge in [0.05, 0.1) is 17.3 Å². The van der Waals surface area contributed by atoms with E-state index < -0.39 is 17.7 Å². The fraction of sp³-hybridized carbons (Fsp3) is 0.0714. The fourth-order valence-corrected chi connectivity index (χ4v) is 4.35. The maximum Gasteiger partial charge on any atom is 0.300 e. The predicted molar refractivity (Wildman–Crippen MR) is 128 cm³/mol. The standard InChI is InChI=1S/C28H21NO4/c1-17-11-14-23(30)22(15-17)29-25(19-8-3-2-4-9-19)24(27(32)28(29)33)26(31)21-13-12-18-7-5-6-10-20(18)16-21/h2-16,25,30-31H,1H3/b26-24-. The molecule has 4 aromatic rings. The van der Waals surface area contributed by atoms with Gasteiger partial charge < -0.3 is 10.2 Å². The number of aromatic hydroxyl groups is 1. The SMILES string of the molecule is Cc1ccc(O)c(N2C(=O)C(=O)/C(=C(\O)c3ccc4ccccc4c3)C2c2ccccc2)c1. The van der Waals surface area contributed by atoms with Gasteiger partial charge in [-0.05, 0) is 47.0 Å². The van der Waals surface area contributed by atoms with Gasteiger partial charge in [-0.25, -0.2) is 0 Å². The number of aliphatic hydroxyl groups excluding tert-OH is 1. The third kappa shape index (κ3) is 3.44. The lowest BCUT2D eigenvalue weighted by molar-refractivity contribution is -0.132. The molecule has 5 rings (SSSR count). The first kappa shape index (κ1) is 20.5. The van der Waals surface area contributed by atoms with E-state index in [0.29, 0.717) is 11.1 Å². The lowest BCUT2D eigenvalue weighted by atomic mass is 9.94. The molecule has 0 aromatic heterocycles. The maximum atomic E-state index is 13.3. The minimum absolute atomic E-state index is 0.0117. The minimum atomic E-state index is -0.884. The van der Waals surface area contributed by atoms with Gasteiger partial charge in [-0.1, -0.05) is 72.8 Å². The second-order valence-corrected chi connectivity index (χ2v) is 8.13. The van der Waals surface area contributed by atoms with E-state index in [2.05, 4.69) is 0 Å². The average molecular weight is 435 g/mol. The zero-order chi connectivity index (χ0) is 23.1. The van der Waals surface area contributed by atoms with Gasteiger partial charge in [0.15, 0.2) is 0 Å². The highest BCUT2D eigenvalue weighted by Crippen LogP contribution is 2.45. The molecule has 0 spiro atoms. The number of aryl methyl sites for hydroxylation is 1. The molecule has 4 aromatic carbocycles. The van der Waals surface area contributed by atoms with E-state index in [1.807, 2.05) is 55.5 Å². The molecule has 0 aliphatic carbocycles. The van der Waals surface area contributed by atoms with Crippen molar-refractivity contribution < 1.29 is 19.8 Å². The number of fused-ring (bicyclic) bond motifs is 1. The monoisotopic (exact) mass is 435 g/mol. The van der Waals surface area contributed by atoms with Crippen molar-refractivity contribution in [1.29, 1.82) is 0 Å². The second-order valence-electron chi connectivity index (χ2n) is 8.13. The number of ketones is 1. The molecule has 1 aliphatic heterocycles. The zero-order valence-electron chi connectivity index (χ0n) is 17.9. The molecule has 1 unspecified atom stereocenters. The molecular weight excluding hydrogens is 414 g/mol. The average Bonchev–Trinajstić information content (AvgIpc) is 3.10. The van der Waals surface area contributed by atoms with Gasteiger partial charge in [0.25, 0.3) is 11.7 Å². The molecule has 1 heterocycles. The Labute approximate surface area is 190 Å². The maximum absolute atomic E-state index is 13.3. The number of carbonyl (C=O) groups excluding carboxylic acids is 2. The number of benzene rings is 4. The summed E-state index contributed by atoms with van der Waals surface area (Å²) in [5.74, 6) is -1.96. The number of hydrogen-bond acceptors (Lipinski definition) is 4. The number of aliphatic hydroxyl groups is 1. The van der Waals surface area contributed by atoms with Crippen LogP contribution in [0, 0.1) is 6.92 Å². The molecule has 1 saturated heterocycles. The summed E-state index contributed by atoms with van der Waals surface area (Å²) in [6.07, 6.45) is 0. The summed E-state index contributed by atoms with van der Waals surface area (Å²) in [5.41, 5.74) is 2.14. The van der Waals surface area contributed by atoms with Gasteiger partial charge in [0, 0.05) is 5.56 Å². The largest absolute Gasteiger partial charge is 0.507 e. The number of Topliss-reactive ketones (excluding diaryl/α,β-unsaturated/α-hetero) is 1. The van der Waals surface area contributed by atoms with Crippen LogP contribution in [0.1, 0.15) is 22.7 Å². The van der Waals surface area contributed by atoms with Crippen molar-refractivity contribution in [2.75, 3.05) is 4.90 Å². The van der Waals surface area contributed by atoms with E-state index in [4.69, 9.17) is 0 Å². The molecule has 2 N–H and O–H groups in total. The van der Waals surface area contributed by atoms with Gasteiger partial charge in [-0.15, -0.1) is 0 Å². The van der Waals surface area contributed by atoms with Crippen LogP contribution in [0.2, 0.25) is 0 Å². The Morgan fingerprint density at radius 2 is 1.52 bits per heavy atom. The van der Waals surface area contributed by atoms with E-state index >= 15 is 0 Å². The van der Waals surface area contributed by atoms with Gasteiger partial charge in [-0.2, -0.15) is 0 Å². The van der Waals surface area contributed by atoms with Crippen LogP contribution in [0.15, 0.2) is 96.6 Å². The van der Waals surface area contributed by atoms with Crippen molar-refractivity contribution >= 4 is 33.9 Å². The second kappa shape index (κ2) is 7.95. The van der Waals surface area contributed by atoms with Gasteiger partial charge in [0.2, 0.25) is 0 Å². The number of phenols is 1. The predicted octanol–water partition coefficient (Wildman–Crippen LogP) is 5.48. The lowest BCUT2D eigenvalue weighted by Crippen LogP contribution is -2.29. The summed E-state index contributed by atoms with van der Waals surface area (Å²) >= 11 is 0. The molecule has 0 bridgehead atoms. The van der Waals surface area contributed by atoms with Crippen LogP contribution in [-0.2, 0) is 9.59 Å². The number of hydrogen-bond donors (Lipinski definition) is 2. The Morgan fingerprint density at radius 1 is 0.818 bits per heavy atom. The normalized spacial score (nSPS) is 17.6. The molecule has 1 amide bonds. The highest BCUT2D eigenvalue weighted by atomic mass is 16.3. The number of anilines is 1.